The van der Waals surface area contributed by atoms with Gasteiger partial charge in [0, 0.05) is 68.7 Å². The lowest BCUT2D eigenvalue weighted by molar-refractivity contribution is -0.122. The number of methoxy groups -OCH3 is 1. The average molecular weight is 721 g/mol. The number of ether oxygens (including phenoxy) is 2. The Morgan fingerprint density at radius 1 is 1.06 bits per heavy atom. The van der Waals surface area contributed by atoms with E-state index in [1.54, 1.807) is 19.2 Å². The summed E-state index contributed by atoms with van der Waals surface area (Å²) < 4.78 is 23.3. The van der Waals surface area contributed by atoms with E-state index >= 15 is 0 Å². The van der Waals surface area contributed by atoms with Gasteiger partial charge in [0.25, 0.3) is 6.47 Å². The Balaban J connectivity index is 0.000000456. The minimum absolute atomic E-state index is 0.00673. The lowest BCUT2D eigenvalue weighted by atomic mass is 10.1. The van der Waals surface area contributed by atoms with Crippen molar-refractivity contribution in [3.05, 3.63) is 78.6 Å². The number of hydrogen-bond donors (Lipinski definition) is 3. The molecule has 52 heavy (non-hydrogen) atoms. The van der Waals surface area contributed by atoms with Gasteiger partial charge in [-0.25, -0.2) is 19.6 Å². The van der Waals surface area contributed by atoms with Crippen molar-refractivity contribution < 1.29 is 28.6 Å². The maximum atomic E-state index is 11.8. The van der Waals surface area contributed by atoms with E-state index < -0.39 is 5.95 Å². The van der Waals surface area contributed by atoms with Crippen LogP contribution in [0.5, 0.6) is 0 Å². The van der Waals surface area contributed by atoms with Gasteiger partial charge < -0.3 is 30.1 Å². The number of carboxylic acid groups (broad SMARTS) is 1. The number of halogens is 1. The number of hydrogen-bond acceptors (Lipinski definition) is 10. The molecule has 4 aromatic rings. The van der Waals surface area contributed by atoms with Crippen LogP contribution in [0.2, 0.25) is 0 Å². The minimum Gasteiger partial charge on any atom is -0.483 e. The number of nitrogens with one attached hydrogen (secondary N) is 2. The van der Waals surface area contributed by atoms with Gasteiger partial charge in [-0.15, -0.1) is 12.8 Å². The Hall–Kier alpha value is -5.39. The highest BCUT2D eigenvalue weighted by Crippen LogP contribution is 2.36. The highest BCUT2D eigenvalue weighted by Gasteiger charge is 2.37. The number of benzene rings is 1. The second-order valence-corrected chi connectivity index (χ2v) is 12.0. The van der Waals surface area contributed by atoms with Crippen molar-refractivity contribution in [2.24, 2.45) is 0 Å². The monoisotopic (exact) mass is 720 g/mol. The maximum Gasteiger partial charge on any atom is 0.290 e. The minimum atomic E-state index is -0.428. The number of para-hydroxylation sites is 1. The summed E-state index contributed by atoms with van der Waals surface area (Å²) in [5, 5.41) is 17.7. The smallest absolute Gasteiger partial charge is 0.290 e. The Morgan fingerprint density at radius 2 is 1.65 bits per heavy atom. The fraction of sp³-hybridized carbons (Fsp3) is 0.421. The van der Waals surface area contributed by atoms with Crippen LogP contribution in [0, 0.1) is 25.7 Å². The summed E-state index contributed by atoms with van der Waals surface area (Å²) in [5.41, 5.74) is 3.93. The van der Waals surface area contributed by atoms with Crippen LogP contribution < -0.4 is 15.5 Å². The molecular weight excluding hydrogens is 667 g/mol. The molecule has 2 aliphatic rings. The molecule has 1 aromatic carbocycles. The molecule has 3 N–H and O–H groups in total. The number of carbonyl (C=O) groups is 2. The summed E-state index contributed by atoms with van der Waals surface area (Å²) >= 11 is 0. The summed E-state index contributed by atoms with van der Waals surface area (Å²) in [6.07, 6.45) is 17.3. The zero-order valence-corrected chi connectivity index (χ0v) is 31.2. The van der Waals surface area contributed by atoms with Gasteiger partial charge in [0.2, 0.25) is 18.3 Å². The van der Waals surface area contributed by atoms with E-state index in [2.05, 4.69) is 65.8 Å². The predicted octanol–water partition coefficient (Wildman–Crippen LogP) is 5.79. The Morgan fingerprint density at radius 3 is 2.06 bits per heavy atom. The highest BCUT2D eigenvalue weighted by atomic mass is 19.1. The Labute approximate surface area is 307 Å². The molecule has 0 spiro atoms. The zero-order chi connectivity index (χ0) is 38.9. The van der Waals surface area contributed by atoms with Gasteiger partial charge in [0.05, 0.1) is 18.3 Å². The number of carbonyl (C=O) groups excluding carboxylic acids is 1. The van der Waals surface area contributed by atoms with Crippen molar-refractivity contribution in [1.29, 1.82) is 0 Å². The first-order valence-corrected chi connectivity index (χ1v) is 16.7. The summed E-state index contributed by atoms with van der Waals surface area (Å²) in [6.45, 7) is 12.7. The van der Waals surface area contributed by atoms with Crippen LogP contribution in [0.4, 0.5) is 16.2 Å². The van der Waals surface area contributed by atoms with Crippen molar-refractivity contribution in [1.82, 2.24) is 30.0 Å². The zero-order valence-electron chi connectivity index (χ0n) is 31.2. The van der Waals surface area contributed by atoms with Gasteiger partial charge in [-0.05, 0) is 78.1 Å². The number of nitrogens with zero attached hydrogens (tertiary/aromatic N) is 6. The molecule has 282 valence electrons. The molecule has 2 fully saturated rings. The van der Waals surface area contributed by atoms with Gasteiger partial charge in [-0.1, -0.05) is 24.3 Å². The van der Waals surface area contributed by atoms with E-state index in [0.717, 1.165) is 60.3 Å². The van der Waals surface area contributed by atoms with Gasteiger partial charge in [-0.2, -0.15) is 9.49 Å². The molecule has 1 saturated carbocycles. The molecule has 0 radical (unpaired) electrons. The number of rotatable bonds is 8. The Kier molecular flexibility index (Phi) is 21.2. The lowest BCUT2D eigenvalue weighted by Crippen LogP contribution is -2.44. The molecule has 1 aliphatic heterocycles. The average Bonchev–Trinajstić information content (AvgIpc) is 3.72. The number of pyridine rings is 1. The largest absolute Gasteiger partial charge is 0.483 e. The second kappa shape index (κ2) is 24.7. The first-order chi connectivity index (χ1) is 25.1. The third kappa shape index (κ3) is 15.2. The van der Waals surface area contributed by atoms with Gasteiger partial charge in [-0.3, -0.25) is 9.59 Å². The van der Waals surface area contributed by atoms with E-state index in [0.29, 0.717) is 12.6 Å². The number of terminal acetylenes is 1. The summed E-state index contributed by atoms with van der Waals surface area (Å²) in [4.78, 5) is 33.2. The van der Waals surface area contributed by atoms with Crippen LogP contribution in [-0.4, -0.2) is 94.3 Å². The molecule has 1 amide bonds. The molecule has 14 heteroatoms. The summed E-state index contributed by atoms with van der Waals surface area (Å²) in [5.74, 6) is 1.34. The van der Waals surface area contributed by atoms with Crippen LogP contribution >= 0.6 is 0 Å². The van der Waals surface area contributed by atoms with Crippen molar-refractivity contribution >= 4 is 24.6 Å². The SMILES string of the molecule is C#C.CCOC.CNc1c(C)c(-c2cnc(N(C3CC3)C(C)(C)C)nc2)nn1-c1ccccc1.Fc1ccccn1.O=CNC1CCOC1.O=CO. The third-order valence-corrected chi connectivity index (χ3v) is 7.27. The molecular formula is C38H53FN8O5. The summed E-state index contributed by atoms with van der Waals surface area (Å²) in [6, 6.07) is 15.5. The second-order valence-electron chi connectivity index (χ2n) is 12.0. The number of anilines is 2. The maximum absolute atomic E-state index is 11.8. The van der Waals surface area contributed by atoms with Crippen LogP contribution in [-0.2, 0) is 19.1 Å². The molecule has 0 bridgehead atoms. The van der Waals surface area contributed by atoms with Crippen LogP contribution in [0.15, 0.2) is 67.1 Å². The normalized spacial score (nSPS) is 13.9. The molecule has 1 atom stereocenters. The molecule has 1 unspecified atom stereocenters. The van der Waals surface area contributed by atoms with Gasteiger partial charge >= 0.3 is 0 Å². The van der Waals surface area contributed by atoms with Crippen molar-refractivity contribution in [3.63, 3.8) is 0 Å². The van der Waals surface area contributed by atoms with Gasteiger partial charge in [0.1, 0.15) is 11.5 Å². The van der Waals surface area contributed by atoms with Crippen LogP contribution in [0.3, 0.4) is 0 Å². The Bertz CT molecular complexity index is 1550. The van der Waals surface area contributed by atoms with E-state index in [-0.39, 0.29) is 18.1 Å². The number of amides is 1. The van der Waals surface area contributed by atoms with Crippen molar-refractivity contribution in [2.45, 2.75) is 71.5 Å². The van der Waals surface area contributed by atoms with E-state index in [9.17, 15) is 9.18 Å². The van der Waals surface area contributed by atoms with Crippen molar-refractivity contribution in [3.8, 4) is 29.8 Å². The summed E-state index contributed by atoms with van der Waals surface area (Å²) in [7, 11) is 3.60. The highest BCUT2D eigenvalue weighted by molar-refractivity contribution is 5.69. The fourth-order valence-corrected chi connectivity index (χ4v) is 4.84. The molecule has 6 rings (SSSR count). The first kappa shape index (κ1) is 44.6. The van der Waals surface area contributed by atoms with Crippen LogP contribution in [0.25, 0.3) is 16.9 Å². The first-order valence-electron chi connectivity index (χ1n) is 16.7. The third-order valence-electron chi connectivity index (χ3n) is 7.27. The van der Waals surface area contributed by atoms with Crippen molar-refractivity contribution in [2.75, 3.05) is 44.2 Å². The predicted molar refractivity (Wildman–Crippen MR) is 203 cm³/mol. The van der Waals surface area contributed by atoms with Gasteiger partial charge in [0.15, 0.2) is 0 Å². The molecule has 13 nitrogen and oxygen atoms in total. The molecule has 3 aromatic heterocycles. The van der Waals surface area contributed by atoms with E-state index in [4.69, 9.17) is 29.7 Å². The molecule has 1 saturated heterocycles. The quantitative estimate of drug-likeness (QED) is 0.115. The standard InChI is InChI=1S/C22H28N6.C5H4FN.C5H9NO2.C3H8O.C2H2.CH2O2/c1-15-19(26-28(20(15)23-5)18-9-7-6-8-10-18)16-13-24-21(25-14-16)27(17-11-12-17)22(2,3)4;6-5-3-1-2-4-7-5;7-4-6-5-1-2-8-3-5;1-3-4-2;1-2;2-1-3/h6-10,13-14,17,23H,11-12H2,1-5H3;1-4H;4-5H,1-3H2,(H,6,7);3H2,1-2H3;1-2H;1H,(H,2,3). The van der Waals surface area contributed by atoms with E-state index in [1.807, 2.05) is 61.4 Å². The molecule has 4 heterocycles. The lowest BCUT2D eigenvalue weighted by Gasteiger charge is -2.36. The van der Waals surface area contributed by atoms with Crippen LogP contribution in [0.1, 0.15) is 52.5 Å². The van der Waals surface area contributed by atoms with E-state index in [1.165, 1.54) is 25.1 Å². The fourth-order valence-electron chi connectivity index (χ4n) is 4.84. The molecule has 1 aliphatic carbocycles. The topological polar surface area (TPSA) is 157 Å². The number of aromatic nitrogens is 5.